The first kappa shape index (κ1) is 23.0. The van der Waals surface area contributed by atoms with Crippen LogP contribution in [0.25, 0.3) is 0 Å². The first-order chi connectivity index (χ1) is 16.3. The average molecular weight is 463 g/mol. The van der Waals surface area contributed by atoms with Gasteiger partial charge in [0.1, 0.15) is 5.54 Å². The van der Waals surface area contributed by atoms with Gasteiger partial charge >= 0.3 is 18.0 Å². The van der Waals surface area contributed by atoms with Crippen LogP contribution in [-0.2, 0) is 19.9 Å². The molecule has 2 atom stereocenters. The zero-order valence-electron chi connectivity index (χ0n) is 19.2. The maximum Gasteiger partial charge on any atom is 0.338 e. The number of carbonyl (C=O) groups is 4. The summed E-state index contributed by atoms with van der Waals surface area (Å²) in [5.74, 6) is -1.13. The number of aryl methyl sites for hydroxylation is 1. The number of carbonyl (C=O) groups excluding carboxylic acids is 4. The molecule has 1 fully saturated rings. The fraction of sp³-hybridized carbons (Fsp3) is 0.280. The molecule has 2 aliphatic rings. The van der Waals surface area contributed by atoms with Crippen molar-refractivity contribution >= 4 is 23.9 Å². The molecule has 9 nitrogen and oxygen atoms in total. The van der Waals surface area contributed by atoms with E-state index in [0.717, 1.165) is 10.5 Å². The SMILES string of the molecule is CCOC(=O)C1=C(CN2C(=O)NC(C)(c3ccccc3C)C2=O)NC(=O)NC1c1ccccc1. The van der Waals surface area contributed by atoms with Crippen LogP contribution in [0.4, 0.5) is 9.59 Å². The molecule has 2 heterocycles. The summed E-state index contributed by atoms with van der Waals surface area (Å²) in [6.07, 6.45) is 0. The van der Waals surface area contributed by atoms with Crippen molar-refractivity contribution in [2.75, 3.05) is 13.2 Å². The smallest absolute Gasteiger partial charge is 0.338 e. The largest absolute Gasteiger partial charge is 0.463 e. The van der Waals surface area contributed by atoms with E-state index in [2.05, 4.69) is 16.0 Å². The van der Waals surface area contributed by atoms with Gasteiger partial charge < -0.3 is 20.7 Å². The molecule has 2 aliphatic heterocycles. The molecule has 0 spiro atoms. The first-order valence-corrected chi connectivity index (χ1v) is 11.0. The number of benzene rings is 2. The summed E-state index contributed by atoms with van der Waals surface area (Å²) in [6.45, 7) is 5.01. The number of imide groups is 1. The van der Waals surface area contributed by atoms with E-state index in [4.69, 9.17) is 4.74 Å². The van der Waals surface area contributed by atoms with E-state index in [-0.39, 0.29) is 24.4 Å². The van der Waals surface area contributed by atoms with Gasteiger partial charge in [0.05, 0.1) is 30.5 Å². The Bertz CT molecular complexity index is 1190. The molecule has 2 aromatic carbocycles. The number of urea groups is 2. The van der Waals surface area contributed by atoms with Gasteiger partial charge in [-0.2, -0.15) is 0 Å². The number of nitrogens with zero attached hydrogens (tertiary/aromatic N) is 1. The molecular weight excluding hydrogens is 436 g/mol. The van der Waals surface area contributed by atoms with Crippen LogP contribution in [-0.4, -0.2) is 42.0 Å². The zero-order valence-corrected chi connectivity index (χ0v) is 19.2. The quantitative estimate of drug-likeness (QED) is 0.451. The number of esters is 1. The van der Waals surface area contributed by atoms with Crippen LogP contribution in [0.15, 0.2) is 65.9 Å². The maximum atomic E-state index is 13.5. The van der Waals surface area contributed by atoms with Crippen LogP contribution in [0.1, 0.15) is 36.6 Å². The van der Waals surface area contributed by atoms with Gasteiger partial charge in [0.2, 0.25) is 0 Å². The summed E-state index contributed by atoms with van der Waals surface area (Å²) < 4.78 is 5.25. The zero-order chi connectivity index (χ0) is 24.5. The minimum Gasteiger partial charge on any atom is -0.463 e. The Labute approximate surface area is 197 Å². The van der Waals surface area contributed by atoms with Crippen molar-refractivity contribution in [2.24, 2.45) is 0 Å². The molecule has 0 bridgehead atoms. The predicted octanol–water partition coefficient (Wildman–Crippen LogP) is 2.63. The fourth-order valence-corrected chi connectivity index (χ4v) is 4.40. The van der Waals surface area contributed by atoms with Gasteiger partial charge in [0.25, 0.3) is 5.91 Å². The maximum absolute atomic E-state index is 13.5. The van der Waals surface area contributed by atoms with Crippen molar-refractivity contribution < 1.29 is 23.9 Å². The Hall–Kier alpha value is -4.14. The van der Waals surface area contributed by atoms with Crippen LogP contribution in [0.2, 0.25) is 0 Å². The van der Waals surface area contributed by atoms with Crippen LogP contribution in [0.5, 0.6) is 0 Å². The Morgan fingerprint density at radius 2 is 1.74 bits per heavy atom. The Morgan fingerprint density at radius 3 is 2.41 bits per heavy atom. The third-order valence-electron chi connectivity index (χ3n) is 6.06. The number of nitrogens with one attached hydrogen (secondary N) is 3. The van der Waals surface area contributed by atoms with Crippen molar-refractivity contribution in [3.63, 3.8) is 0 Å². The lowest BCUT2D eigenvalue weighted by Crippen LogP contribution is -2.49. The highest BCUT2D eigenvalue weighted by Gasteiger charge is 2.50. The van der Waals surface area contributed by atoms with Crippen LogP contribution >= 0.6 is 0 Å². The summed E-state index contributed by atoms with van der Waals surface area (Å²) in [5, 5.41) is 8.11. The summed E-state index contributed by atoms with van der Waals surface area (Å²) in [7, 11) is 0. The van der Waals surface area contributed by atoms with Crippen molar-refractivity contribution in [3.8, 4) is 0 Å². The number of hydrogen-bond acceptors (Lipinski definition) is 5. The molecule has 1 saturated heterocycles. The number of ether oxygens (including phenoxy) is 1. The van der Waals surface area contributed by atoms with Crippen molar-refractivity contribution in [1.29, 1.82) is 0 Å². The molecule has 5 amide bonds. The summed E-state index contributed by atoms with van der Waals surface area (Å²) in [5.41, 5.74) is 1.19. The molecular formula is C25H26N4O5. The molecule has 34 heavy (non-hydrogen) atoms. The number of hydrogen-bond donors (Lipinski definition) is 3. The number of rotatable bonds is 6. The van der Waals surface area contributed by atoms with Gasteiger partial charge in [0, 0.05) is 0 Å². The van der Waals surface area contributed by atoms with E-state index in [0.29, 0.717) is 11.1 Å². The van der Waals surface area contributed by atoms with Gasteiger partial charge in [-0.25, -0.2) is 14.4 Å². The minimum absolute atomic E-state index is 0.125. The van der Waals surface area contributed by atoms with E-state index >= 15 is 0 Å². The molecule has 0 saturated carbocycles. The van der Waals surface area contributed by atoms with E-state index in [9.17, 15) is 19.2 Å². The van der Waals surface area contributed by atoms with E-state index in [1.54, 1.807) is 50.2 Å². The molecule has 0 aliphatic carbocycles. The average Bonchev–Trinajstić information content (AvgIpc) is 3.03. The van der Waals surface area contributed by atoms with E-state index in [1.807, 2.05) is 25.1 Å². The predicted molar refractivity (Wildman–Crippen MR) is 123 cm³/mol. The fourth-order valence-electron chi connectivity index (χ4n) is 4.40. The molecule has 2 unspecified atom stereocenters. The highest BCUT2D eigenvalue weighted by molar-refractivity contribution is 6.08. The van der Waals surface area contributed by atoms with Crippen LogP contribution in [0.3, 0.4) is 0 Å². The molecule has 9 heteroatoms. The van der Waals surface area contributed by atoms with Gasteiger partial charge in [-0.3, -0.25) is 9.69 Å². The number of amides is 5. The molecule has 4 rings (SSSR count). The molecule has 0 aromatic heterocycles. The van der Waals surface area contributed by atoms with Crippen LogP contribution in [0, 0.1) is 6.92 Å². The molecule has 176 valence electrons. The first-order valence-electron chi connectivity index (χ1n) is 11.0. The second-order valence-corrected chi connectivity index (χ2v) is 8.32. The Kier molecular flexibility index (Phi) is 6.10. The van der Waals surface area contributed by atoms with Gasteiger partial charge in [0.15, 0.2) is 0 Å². The molecule has 0 radical (unpaired) electrons. The summed E-state index contributed by atoms with van der Waals surface area (Å²) in [4.78, 5) is 52.9. The van der Waals surface area contributed by atoms with E-state index in [1.165, 1.54) is 0 Å². The summed E-state index contributed by atoms with van der Waals surface area (Å²) >= 11 is 0. The lowest BCUT2D eigenvalue weighted by atomic mass is 9.88. The van der Waals surface area contributed by atoms with Crippen LogP contribution < -0.4 is 16.0 Å². The minimum atomic E-state index is -1.27. The second kappa shape index (κ2) is 9.01. The van der Waals surface area contributed by atoms with Gasteiger partial charge in [-0.15, -0.1) is 0 Å². The Morgan fingerprint density at radius 1 is 1.06 bits per heavy atom. The normalized spacial score (nSPS) is 22.3. The van der Waals surface area contributed by atoms with E-state index < -0.39 is 35.5 Å². The highest BCUT2D eigenvalue weighted by Crippen LogP contribution is 2.33. The molecule has 3 N–H and O–H groups in total. The molecule has 2 aromatic rings. The lowest BCUT2D eigenvalue weighted by Gasteiger charge is -2.30. The van der Waals surface area contributed by atoms with Crippen molar-refractivity contribution in [1.82, 2.24) is 20.9 Å². The topological polar surface area (TPSA) is 117 Å². The highest BCUT2D eigenvalue weighted by atomic mass is 16.5. The monoisotopic (exact) mass is 462 g/mol. The van der Waals surface area contributed by atoms with Gasteiger partial charge in [-0.1, -0.05) is 54.6 Å². The third kappa shape index (κ3) is 4.00. The summed E-state index contributed by atoms with van der Waals surface area (Å²) in [6, 6.07) is 14.3. The van der Waals surface area contributed by atoms with Gasteiger partial charge in [-0.05, 0) is 37.5 Å². The Balaban J connectivity index is 1.74. The third-order valence-corrected chi connectivity index (χ3v) is 6.06. The second-order valence-electron chi connectivity index (χ2n) is 8.32. The van der Waals surface area contributed by atoms with Crippen molar-refractivity contribution in [3.05, 3.63) is 82.6 Å². The van der Waals surface area contributed by atoms with Crippen molar-refractivity contribution in [2.45, 2.75) is 32.4 Å². The standard InChI is InChI=1S/C25H26N4O5/c1-4-34-21(30)19-18(26-23(32)27-20(19)16-11-6-5-7-12-16)14-29-22(31)25(3,28-24(29)33)17-13-9-8-10-15(17)2/h5-13,20H,4,14H2,1-3H3,(H,28,33)(H2,26,27,32). The lowest BCUT2D eigenvalue weighted by molar-refractivity contribution is -0.139.